The molecule has 5 nitrogen and oxygen atoms in total. The number of amides is 1. The van der Waals surface area contributed by atoms with Crippen LogP contribution in [0.25, 0.3) is 11.3 Å². The fraction of sp³-hybridized carbons (Fsp3) is 0.211. The van der Waals surface area contributed by atoms with Gasteiger partial charge < -0.3 is 4.90 Å². The lowest BCUT2D eigenvalue weighted by Crippen LogP contribution is -2.37. The summed E-state index contributed by atoms with van der Waals surface area (Å²) in [6.07, 6.45) is 3.27. The van der Waals surface area contributed by atoms with Crippen molar-refractivity contribution >= 4 is 28.8 Å². The van der Waals surface area contributed by atoms with E-state index >= 15 is 0 Å². The summed E-state index contributed by atoms with van der Waals surface area (Å²) >= 11 is 7.83. The van der Waals surface area contributed by atoms with Gasteiger partial charge in [0.05, 0.1) is 17.1 Å². The monoisotopic (exact) mass is 384 g/mol. The van der Waals surface area contributed by atoms with Gasteiger partial charge in [0, 0.05) is 30.0 Å². The van der Waals surface area contributed by atoms with E-state index in [0.29, 0.717) is 13.1 Å². The van der Waals surface area contributed by atoms with Gasteiger partial charge in [-0.2, -0.15) is 0 Å². The first-order valence-electron chi connectivity index (χ1n) is 8.22. The molecule has 0 radical (unpaired) electrons. The van der Waals surface area contributed by atoms with Gasteiger partial charge in [0.25, 0.3) is 0 Å². The highest BCUT2D eigenvalue weighted by molar-refractivity contribution is 7.16. The number of fused-ring (bicyclic) bond motifs is 1. The Bertz CT molecular complexity index is 993. The van der Waals surface area contributed by atoms with Crippen molar-refractivity contribution in [1.29, 1.82) is 0 Å². The molecule has 0 bridgehead atoms. The standard InChI is InChI=1S/C19H17ClN4OS/c1-3-19(25)24-9-15(14-8-18(20)26-17(14)11-24)12-6-4-5-7-13(12)16-10-23(2)22-21-16/h3-8,10,15H,1,9,11H2,2H3/t15-/m1/s1. The van der Waals surface area contributed by atoms with Crippen molar-refractivity contribution in [3.05, 3.63) is 69.5 Å². The summed E-state index contributed by atoms with van der Waals surface area (Å²) in [5.41, 5.74) is 4.14. The highest BCUT2D eigenvalue weighted by atomic mass is 35.5. The number of thiophene rings is 1. The van der Waals surface area contributed by atoms with E-state index in [2.05, 4.69) is 23.0 Å². The quantitative estimate of drug-likeness (QED) is 0.644. The number of aryl methyl sites for hydroxylation is 1. The van der Waals surface area contributed by atoms with E-state index in [-0.39, 0.29) is 11.8 Å². The van der Waals surface area contributed by atoms with Crippen LogP contribution in [0, 0.1) is 0 Å². The third-order valence-electron chi connectivity index (χ3n) is 4.63. The molecule has 0 aliphatic carbocycles. The summed E-state index contributed by atoms with van der Waals surface area (Å²) in [7, 11) is 1.85. The molecular formula is C19H17ClN4OS. The number of hydrogen-bond donors (Lipinski definition) is 0. The SMILES string of the molecule is C=CC(=O)N1Cc2sc(Cl)cc2[C@@H](c2ccccc2-c2cn(C)nn2)C1. The number of hydrogen-bond acceptors (Lipinski definition) is 4. The van der Waals surface area contributed by atoms with Gasteiger partial charge >= 0.3 is 0 Å². The largest absolute Gasteiger partial charge is 0.333 e. The minimum Gasteiger partial charge on any atom is -0.333 e. The van der Waals surface area contributed by atoms with Crippen LogP contribution in [0.1, 0.15) is 21.9 Å². The van der Waals surface area contributed by atoms with Crippen molar-refractivity contribution < 1.29 is 4.79 Å². The zero-order valence-electron chi connectivity index (χ0n) is 14.2. The van der Waals surface area contributed by atoms with Crippen LogP contribution in [-0.2, 0) is 18.4 Å². The van der Waals surface area contributed by atoms with Crippen LogP contribution in [0.4, 0.5) is 0 Å². The Morgan fingerprint density at radius 2 is 2.19 bits per heavy atom. The van der Waals surface area contributed by atoms with E-state index in [1.807, 2.05) is 42.4 Å². The third kappa shape index (κ3) is 2.95. The van der Waals surface area contributed by atoms with Gasteiger partial charge in [-0.15, -0.1) is 16.4 Å². The molecule has 1 amide bonds. The second kappa shape index (κ2) is 6.70. The zero-order chi connectivity index (χ0) is 18.3. The van der Waals surface area contributed by atoms with Crippen LogP contribution in [0.3, 0.4) is 0 Å². The molecule has 0 fully saturated rings. The molecule has 3 aromatic rings. The Balaban J connectivity index is 1.84. The number of nitrogens with zero attached hydrogens (tertiary/aromatic N) is 4. The van der Waals surface area contributed by atoms with E-state index in [4.69, 9.17) is 11.6 Å². The predicted octanol–water partition coefficient (Wildman–Crippen LogP) is 3.86. The Morgan fingerprint density at radius 1 is 1.38 bits per heavy atom. The highest BCUT2D eigenvalue weighted by Crippen LogP contribution is 2.42. The number of carbonyl (C=O) groups is 1. The molecule has 1 aromatic carbocycles. The van der Waals surface area contributed by atoms with Gasteiger partial charge in [-0.1, -0.05) is 47.7 Å². The van der Waals surface area contributed by atoms with E-state index < -0.39 is 0 Å². The molecule has 0 saturated heterocycles. The third-order valence-corrected chi connectivity index (χ3v) is 5.89. The average molecular weight is 385 g/mol. The molecule has 0 spiro atoms. The van der Waals surface area contributed by atoms with Crippen molar-refractivity contribution in [2.24, 2.45) is 7.05 Å². The second-order valence-electron chi connectivity index (χ2n) is 6.27. The Morgan fingerprint density at radius 3 is 2.92 bits per heavy atom. The van der Waals surface area contributed by atoms with Crippen molar-refractivity contribution in [1.82, 2.24) is 19.9 Å². The molecule has 132 valence electrons. The van der Waals surface area contributed by atoms with Crippen molar-refractivity contribution in [3.8, 4) is 11.3 Å². The summed E-state index contributed by atoms with van der Waals surface area (Å²) in [6.45, 7) is 4.78. The summed E-state index contributed by atoms with van der Waals surface area (Å²) in [5, 5.41) is 8.32. The summed E-state index contributed by atoms with van der Waals surface area (Å²) in [5.74, 6) is -0.0354. The van der Waals surface area contributed by atoms with Crippen LogP contribution in [-0.4, -0.2) is 32.3 Å². The lowest BCUT2D eigenvalue weighted by Gasteiger charge is -2.33. The highest BCUT2D eigenvalue weighted by Gasteiger charge is 2.31. The maximum Gasteiger partial charge on any atom is 0.246 e. The smallest absolute Gasteiger partial charge is 0.246 e. The van der Waals surface area contributed by atoms with Crippen LogP contribution in [0.5, 0.6) is 0 Å². The Labute approximate surface area is 160 Å². The molecule has 1 aliphatic heterocycles. The van der Waals surface area contributed by atoms with E-state index in [1.54, 1.807) is 4.68 Å². The fourth-order valence-corrected chi connectivity index (χ4v) is 4.81. The molecule has 26 heavy (non-hydrogen) atoms. The van der Waals surface area contributed by atoms with Gasteiger partial charge in [-0.05, 0) is 23.3 Å². The molecule has 1 aliphatic rings. The molecule has 4 rings (SSSR count). The van der Waals surface area contributed by atoms with E-state index in [9.17, 15) is 4.79 Å². The van der Waals surface area contributed by atoms with Crippen molar-refractivity contribution in [2.75, 3.05) is 6.54 Å². The molecule has 3 heterocycles. The number of aromatic nitrogens is 3. The summed E-state index contributed by atoms with van der Waals surface area (Å²) in [4.78, 5) is 15.2. The van der Waals surface area contributed by atoms with Gasteiger partial charge in [0.15, 0.2) is 0 Å². The van der Waals surface area contributed by atoms with Gasteiger partial charge in [0.1, 0.15) is 5.69 Å². The lowest BCUT2D eigenvalue weighted by molar-refractivity contribution is -0.127. The maximum absolute atomic E-state index is 12.3. The number of carbonyl (C=O) groups excluding carboxylic acids is 1. The van der Waals surface area contributed by atoms with Gasteiger partial charge in [0.2, 0.25) is 5.91 Å². The van der Waals surface area contributed by atoms with Crippen molar-refractivity contribution in [2.45, 2.75) is 12.5 Å². The molecule has 7 heteroatoms. The molecular weight excluding hydrogens is 368 g/mol. The first kappa shape index (κ1) is 17.0. The lowest BCUT2D eigenvalue weighted by atomic mass is 9.85. The second-order valence-corrected chi connectivity index (χ2v) is 8.04. The minimum absolute atomic E-state index is 0.0320. The van der Waals surface area contributed by atoms with Crippen LogP contribution in [0.15, 0.2) is 49.2 Å². The summed E-state index contributed by atoms with van der Waals surface area (Å²) in [6, 6.07) is 10.2. The summed E-state index contributed by atoms with van der Waals surface area (Å²) < 4.78 is 2.43. The zero-order valence-corrected chi connectivity index (χ0v) is 15.8. The molecule has 1 atom stereocenters. The van der Waals surface area contributed by atoms with Gasteiger partial charge in [-0.3, -0.25) is 9.48 Å². The van der Waals surface area contributed by atoms with Crippen molar-refractivity contribution in [3.63, 3.8) is 0 Å². The maximum atomic E-state index is 12.3. The Hall–Kier alpha value is -2.44. The Kier molecular flexibility index (Phi) is 4.38. The first-order valence-corrected chi connectivity index (χ1v) is 9.41. The first-order chi connectivity index (χ1) is 12.6. The topological polar surface area (TPSA) is 51.0 Å². The number of benzene rings is 1. The van der Waals surface area contributed by atoms with E-state index in [0.717, 1.165) is 26.0 Å². The number of halogens is 1. The molecule has 2 aromatic heterocycles. The minimum atomic E-state index is -0.0674. The van der Waals surface area contributed by atoms with Gasteiger partial charge in [-0.25, -0.2) is 0 Å². The van der Waals surface area contributed by atoms with Crippen LogP contribution < -0.4 is 0 Å². The average Bonchev–Trinajstić information content (AvgIpc) is 3.24. The molecule has 0 saturated carbocycles. The molecule has 0 unspecified atom stereocenters. The van der Waals surface area contributed by atoms with Crippen LogP contribution in [0.2, 0.25) is 4.34 Å². The normalized spacial score (nSPS) is 16.4. The predicted molar refractivity (Wildman–Crippen MR) is 103 cm³/mol. The van der Waals surface area contributed by atoms with E-state index in [1.165, 1.54) is 23.0 Å². The fourth-order valence-electron chi connectivity index (χ4n) is 3.45. The molecule has 0 N–H and O–H groups in total. The number of rotatable bonds is 3. The van der Waals surface area contributed by atoms with Crippen LogP contribution >= 0.6 is 22.9 Å².